The molecule has 2 unspecified atom stereocenters. The Kier molecular flexibility index (Phi) is 6.00. The summed E-state index contributed by atoms with van der Waals surface area (Å²) in [6, 6.07) is 8.61. The third kappa shape index (κ3) is 4.09. The molecular weight excluding hydrogens is 352 g/mol. The fourth-order valence-electron chi connectivity index (χ4n) is 5.09. The Morgan fingerprint density at radius 3 is 2.43 bits per heavy atom. The monoisotopic (exact) mass is 384 g/mol. The zero-order chi connectivity index (χ0) is 19.5. The molecule has 28 heavy (non-hydrogen) atoms. The number of ether oxygens (including phenoxy) is 1. The van der Waals surface area contributed by atoms with Gasteiger partial charge in [-0.15, -0.1) is 0 Å². The molecule has 3 fully saturated rings. The maximum absolute atomic E-state index is 13.4. The van der Waals surface area contributed by atoms with E-state index in [1.807, 2.05) is 4.90 Å². The number of benzene rings is 1. The van der Waals surface area contributed by atoms with E-state index in [1.54, 1.807) is 0 Å². The summed E-state index contributed by atoms with van der Waals surface area (Å²) < 4.78 is 5.39. The van der Waals surface area contributed by atoms with Crippen LogP contribution in [-0.4, -0.2) is 54.5 Å². The molecule has 5 nitrogen and oxygen atoms in total. The molecule has 5 heteroatoms. The van der Waals surface area contributed by atoms with Gasteiger partial charge < -0.3 is 14.5 Å². The van der Waals surface area contributed by atoms with Crippen molar-refractivity contribution in [2.45, 2.75) is 51.5 Å². The van der Waals surface area contributed by atoms with Crippen LogP contribution in [0.5, 0.6) is 0 Å². The number of morpholine rings is 1. The van der Waals surface area contributed by atoms with Crippen LogP contribution >= 0.6 is 0 Å². The van der Waals surface area contributed by atoms with E-state index in [9.17, 15) is 9.59 Å². The van der Waals surface area contributed by atoms with Gasteiger partial charge in [0.25, 0.3) is 0 Å². The van der Waals surface area contributed by atoms with Crippen molar-refractivity contribution in [1.29, 1.82) is 0 Å². The van der Waals surface area contributed by atoms with Crippen LogP contribution in [0, 0.1) is 18.8 Å². The zero-order valence-electron chi connectivity index (χ0n) is 16.9. The predicted octanol–water partition coefficient (Wildman–Crippen LogP) is 3.32. The lowest BCUT2D eigenvalue weighted by Gasteiger charge is -2.42. The van der Waals surface area contributed by atoms with E-state index in [2.05, 4.69) is 36.1 Å². The molecule has 1 aromatic rings. The topological polar surface area (TPSA) is 49.9 Å². The number of likely N-dealkylation sites (tertiary alicyclic amines) is 1. The summed E-state index contributed by atoms with van der Waals surface area (Å²) >= 11 is 0. The highest BCUT2D eigenvalue weighted by Gasteiger charge is 2.39. The van der Waals surface area contributed by atoms with E-state index in [0.717, 1.165) is 38.5 Å². The third-order valence-electron chi connectivity index (χ3n) is 6.67. The first-order valence-corrected chi connectivity index (χ1v) is 10.9. The van der Waals surface area contributed by atoms with Crippen molar-refractivity contribution in [2.75, 3.05) is 32.8 Å². The standard InChI is InChI=1S/C23H32N2O3/c1-17-5-4-8-19(15-17)21-10-9-20(22(26)24-11-13-28-14-12-24)16-25(21)23(27)18-6-2-3-7-18/h4-5,8,15,18,20-21H,2-3,6-7,9-14,16H2,1H3. The van der Waals surface area contributed by atoms with E-state index in [-0.39, 0.29) is 29.7 Å². The second-order valence-corrected chi connectivity index (χ2v) is 8.61. The largest absolute Gasteiger partial charge is 0.378 e. The number of carbonyl (C=O) groups is 2. The molecule has 0 radical (unpaired) electrons. The smallest absolute Gasteiger partial charge is 0.227 e. The molecule has 3 aliphatic rings. The molecule has 2 aliphatic heterocycles. The van der Waals surface area contributed by atoms with Crippen molar-refractivity contribution in [3.63, 3.8) is 0 Å². The highest BCUT2D eigenvalue weighted by Crippen LogP contribution is 2.38. The van der Waals surface area contributed by atoms with Crippen molar-refractivity contribution in [3.8, 4) is 0 Å². The lowest BCUT2D eigenvalue weighted by molar-refractivity contribution is -0.147. The Bertz CT molecular complexity index is 708. The number of hydrogen-bond acceptors (Lipinski definition) is 3. The molecule has 0 spiro atoms. The van der Waals surface area contributed by atoms with Gasteiger partial charge in [0.15, 0.2) is 0 Å². The van der Waals surface area contributed by atoms with Gasteiger partial charge in [0, 0.05) is 25.6 Å². The Morgan fingerprint density at radius 2 is 1.71 bits per heavy atom. The summed E-state index contributed by atoms with van der Waals surface area (Å²) in [6.45, 7) is 5.25. The molecule has 1 saturated carbocycles. The van der Waals surface area contributed by atoms with Crippen LogP contribution in [-0.2, 0) is 14.3 Å². The lowest BCUT2D eigenvalue weighted by atomic mass is 9.86. The minimum atomic E-state index is -0.0792. The number of rotatable bonds is 3. The SMILES string of the molecule is Cc1cccc(C2CCC(C(=O)N3CCOCC3)CN2C(=O)C2CCCC2)c1. The van der Waals surface area contributed by atoms with Gasteiger partial charge in [0.05, 0.1) is 25.2 Å². The van der Waals surface area contributed by atoms with Crippen molar-refractivity contribution in [2.24, 2.45) is 11.8 Å². The van der Waals surface area contributed by atoms with Gasteiger partial charge in [-0.05, 0) is 38.2 Å². The summed E-state index contributed by atoms with van der Waals surface area (Å²) in [5.74, 6) is 0.535. The highest BCUT2D eigenvalue weighted by atomic mass is 16.5. The predicted molar refractivity (Wildman–Crippen MR) is 108 cm³/mol. The summed E-state index contributed by atoms with van der Waals surface area (Å²) in [7, 11) is 0. The molecule has 0 aromatic heterocycles. The molecule has 2 amide bonds. The fraction of sp³-hybridized carbons (Fsp3) is 0.652. The van der Waals surface area contributed by atoms with Crippen LogP contribution in [0.3, 0.4) is 0 Å². The minimum absolute atomic E-state index is 0.0792. The molecule has 2 heterocycles. The van der Waals surface area contributed by atoms with Gasteiger partial charge in [-0.3, -0.25) is 9.59 Å². The Labute approximate surface area is 168 Å². The first-order chi connectivity index (χ1) is 13.6. The quantitative estimate of drug-likeness (QED) is 0.803. The number of nitrogens with zero attached hydrogens (tertiary/aromatic N) is 2. The summed E-state index contributed by atoms with van der Waals surface area (Å²) in [5, 5.41) is 0. The van der Waals surface area contributed by atoms with Crippen molar-refractivity contribution >= 4 is 11.8 Å². The highest BCUT2D eigenvalue weighted by molar-refractivity contribution is 5.83. The average molecular weight is 385 g/mol. The first kappa shape index (κ1) is 19.4. The molecule has 2 atom stereocenters. The maximum Gasteiger partial charge on any atom is 0.227 e. The summed E-state index contributed by atoms with van der Waals surface area (Å²) in [6.07, 6.45) is 6.01. The third-order valence-corrected chi connectivity index (χ3v) is 6.67. The Hall–Kier alpha value is -1.88. The number of hydrogen-bond donors (Lipinski definition) is 0. The van der Waals surface area contributed by atoms with E-state index in [0.29, 0.717) is 32.8 Å². The number of piperidine rings is 1. The van der Waals surface area contributed by atoms with E-state index < -0.39 is 0 Å². The second kappa shape index (κ2) is 8.64. The Morgan fingerprint density at radius 1 is 0.964 bits per heavy atom. The number of amides is 2. The van der Waals surface area contributed by atoms with E-state index >= 15 is 0 Å². The van der Waals surface area contributed by atoms with Crippen LogP contribution < -0.4 is 0 Å². The maximum atomic E-state index is 13.4. The van der Waals surface area contributed by atoms with Gasteiger partial charge in [0.2, 0.25) is 11.8 Å². The summed E-state index contributed by atoms with van der Waals surface area (Å²) in [4.78, 5) is 30.4. The molecule has 4 rings (SSSR count). The van der Waals surface area contributed by atoms with Crippen LogP contribution in [0.15, 0.2) is 24.3 Å². The molecule has 2 saturated heterocycles. The molecular formula is C23H32N2O3. The minimum Gasteiger partial charge on any atom is -0.378 e. The first-order valence-electron chi connectivity index (χ1n) is 10.9. The van der Waals surface area contributed by atoms with Gasteiger partial charge in [-0.2, -0.15) is 0 Å². The molecule has 0 N–H and O–H groups in total. The van der Waals surface area contributed by atoms with E-state index in [4.69, 9.17) is 4.74 Å². The Balaban J connectivity index is 1.54. The molecule has 1 aliphatic carbocycles. The van der Waals surface area contributed by atoms with Crippen molar-refractivity contribution in [1.82, 2.24) is 9.80 Å². The van der Waals surface area contributed by atoms with Gasteiger partial charge in [-0.25, -0.2) is 0 Å². The van der Waals surface area contributed by atoms with Gasteiger partial charge in [0.1, 0.15) is 0 Å². The van der Waals surface area contributed by atoms with Crippen LogP contribution in [0.2, 0.25) is 0 Å². The van der Waals surface area contributed by atoms with Crippen molar-refractivity contribution in [3.05, 3.63) is 35.4 Å². The van der Waals surface area contributed by atoms with Gasteiger partial charge in [-0.1, -0.05) is 42.7 Å². The van der Waals surface area contributed by atoms with E-state index in [1.165, 1.54) is 11.1 Å². The zero-order valence-corrected chi connectivity index (χ0v) is 16.9. The average Bonchev–Trinajstić information content (AvgIpc) is 3.28. The van der Waals surface area contributed by atoms with Crippen LogP contribution in [0.4, 0.5) is 0 Å². The second-order valence-electron chi connectivity index (χ2n) is 8.61. The molecule has 152 valence electrons. The van der Waals surface area contributed by atoms with Crippen molar-refractivity contribution < 1.29 is 14.3 Å². The lowest BCUT2D eigenvalue weighted by Crippen LogP contribution is -2.51. The normalized spacial score (nSPS) is 26.5. The van der Waals surface area contributed by atoms with Crippen LogP contribution in [0.1, 0.15) is 55.7 Å². The molecule has 0 bridgehead atoms. The number of carbonyl (C=O) groups excluding carboxylic acids is 2. The summed E-state index contributed by atoms with van der Waals surface area (Å²) in [5.41, 5.74) is 2.43. The fourth-order valence-corrected chi connectivity index (χ4v) is 5.09. The number of aryl methyl sites for hydroxylation is 1. The van der Waals surface area contributed by atoms with Crippen LogP contribution in [0.25, 0.3) is 0 Å². The molecule has 1 aromatic carbocycles. The van der Waals surface area contributed by atoms with Gasteiger partial charge >= 0.3 is 0 Å².